The van der Waals surface area contributed by atoms with Crippen LogP contribution in [0.3, 0.4) is 0 Å². The van der Waals surface area contributed by atoms with Crippen molar-refractivity contribution in [2.75, 3.05) is 32.7 Å². The number of carbonyl (C=O) groups is 4. The van der Waals surface area contributed by atoms with E-state index in [2.05, 4.69) is 21.3 Å². The molecular formula is C23H27ClN8O6. The predicted molar refractivity (Wildman–Crippen MR) is 136 cm³/mol. The number of anilines is 6. The molecule has 0 aliphatic rings. The number of amides is 4. The van der Waals surface area contributed by atoms with Crippen molar-refractivity contribution < 1.29 is 46.4 Å². The summed E-state index contributed by atoms with van der Waals surface area (Å²) in [6, 6.07) is 5.31. The van der Waals surface area contributed by atoms with Gasteiger partial charge in [-0.15, -0.1) is 0 Å². The summed E-state index contributed by atoms with van der Waals surface area (Å²) in [5.41, 5.74) is 12.5. The molecule has 0 saturated carbocycles. The number of benzene rings is 2. The van der Waals surface area contributed by atoms with E-state index in [0.717, 1.165) is 0 Å². The van der Waals surface area contributed by atoms with Gasteiger partial charge in [0.05, 0.1) is 11.4 Å². The van der Waals surface area contributed by atoms with Gasteiger partial charge in [0, 0.05) is 37.4 Å². The molecule has 2 aromatic carbocycles. The number of rotatable bonds is 8. The SMILES string of the molecule is CC(=O)Nc1cc(N)c(NC(=O)Cn2cc[n+](CC(=O)Nc3c(N)cc(NC(C)=O)cc3O)c2)c(O)c1.[Cl-]. The van der Waals surface area contributed by atoms with Gasteiger partial charge in [-0.05, 0) is 12.1 Å². The van der Waals surface area contributed by atoms with Gasteiger partial charge >= 0.3 is 0 Å². The number of phenolic OH excluding ortho intramolecular Hbond substituents is 2. The van der Waals surface area contributed by atoms with Gasteiger partial charge in [-0.3, -0.25) is 19.2 Å². The number of imidazole rings is 1. The van der Waals surface area contributed by atoms with Crippen molar-refractivity contribution in [3.8, 4) is 11.5 Å². The van der Waals surface area contributed by atoms with Crippen LogP contribution in [0.2, 0.25) is 0 Å². The molecule has 38 heavy (non-hydrogen) atoms. The van der Waals surface area contributed by atoms with Gasteiger partial charge < -0.3 is 55.4 Å². The smallest absolute Gasteiger partial charge is 0.266 e. The van der Waals surface area contributed by atoms with E-state index in [1.807, 2.05) is 0 Å². The third-order valence-electron chi connectivity index (χ3n) is 4.86. The van der Waals surface area contributed by atoms with Crippen LogP contribution in [0, 0.1) is 0 Å². The molecular weight excluding hydrogens is 520 g/mol. The molecule has 3 aromatic rings. The average Bonchev–Trinajstić information content (AvgIpc) is 3.19. The number of nitrogens with one attached hydrogen (secondary N) is 4. The first kappa shape index (κ1) is 29.3. The molecule has 0 fully saturated rings. The lowest BCUT2D eigenvalue weighted by atomic mass is 10.2. The lowest BCUT2D eigenvalue weighted by Crippen LogP contribution is -3.00. The molecule has 0 spiro atoms. The second-order valence-corrected chi connectivity index (χ2v) is 8.14. The van der Waals surface area contributed by atoms with Crippen molar-refractivity contribution in [3.63, 3.8) is 0 Å². The van der Waals surface area contributed by atoms with E-state index in [9.17, 15) is 29.4 Å². The third kappa shape index (κ3) is 7.76. The molecule has 14 nitrogen and oxygen atoms in total. The highest BCUT2D eigenvalue weighted by Crippen LogP contribution is 2.34. The van der Waals surface area contributed by atoms with Gasteiger partial charge in [0.15, 0.2) is 13.1 Å². The minimum atomic E-state index is -0.501. The summed E-state index contributed by atoms with van der Waals surface area (Å²) in [6.07, 6.45) is 4.62. The van der Waals surface area contributed by atoms with E-state index in [-0.39, 0.29) is 82.9 Å². The molecule has 0 bridgehead atoms. The van der Waals surface area contributed by atoms with Gasteiger partial charge in [0.25, 0.3) is 11.8 Å². The zero-order valence-electron chi connectivity index (χ0n) is 20.4. The first-order valence-corrected chi connectivity index (χ1v) is 10.9. The van der Waals surface area contributed by atoms with E-state index < -0.39 is 11.8 Å². The Balaban J connectivity index is 0.00000507. The number of carbonyl (C=O) groups excluding carboxylic acids is 4. The fourth-order valence-electron chi connectivity index (χ4n) is 3.44. The Morgan fingerprint density at radius 3 is 1.74 bits per heavy atom. The number of aromatic hydroxyl groups is 2. The first-order valence-electron chi connectivity index (χ1n) is 10.9. The Morgan fingerprint density at radius 2 is 1.29 bits per heavy atom. The lowest BCUT2D eigenvalue weighted by molar-refractivity contribution is -0.683. The third-order valence-corrected chi connectivity index (χ3v) is 4.86. The zero-order valence-corrected chi connectivity index (χ0v) is 21.2. The number of nitrogens with two attached hydrogens (primary N) is 2. The first-order chi connectivity index (χ1) is 17.4. The van der Waals surface area contributed by atoms with Crippen LogP contribution in [0.4, 0.5) is 34.1 Å². The molecule has 10 N–H and O–H groups in total. The summed E-state index contributed by atoms with van der Waals surface area (Å²) in [5.74, 6) is -2.32. The minimum absolute atomic E-state index is 0. The fraction of sp³-hybridized carbons (Fsp3) is 0.174. The molecule has 0 aliphatic carbocycles. The van der Waals surface area contributed by atoms with Crippen LogP contribution in [0.25, 0.3) is 0 Å². The Hall–Kier alpha value is -4.98. The van der Waals surface area contributed by atoms with Crippen LogP contribution in [-0.4, -0.2) is 38.4 Å². The van der Waals surface area contributed by atoms with Crippen LogP contribution < -0.4 is 49.7 Å². The number of aromatic nitrogens is 2. The van der Waals surface area contributed by atoms with Gasteiger partial charge in [0.1, 0.15) is 35.3 Å². The molecule has 0 unspecified atom stereocenters. The summed E-state index contributed by atoms with van der Waals surface area (Å²) in [6.45, 7) is 2.31. The quantitative estimate of drug-likeness (QED) is 0.0859. The summed E-state index contributed by atoms with van der Waals surface area (Å²) in [7, 11) is 0. The van der Waals surface area contributed by atoms with Crippen LogP contribution in [0.5, 0.6) is 11.5 Å². The highest BCUT2D eigenvalue weighted by atomic mass is 35.5. The molecule has 4 amide bonds. The molecule has 1 heterocycles. The maximum absolute atomic E-state index is 12.5. The van der Waals surface area contributed by atoms with Gasteiger partial charge in [-0.2, -0.15) is 0 Å². The van der Waals surface area contributed by atoms with E-state index in [1.54, 1.807) is 12.4 Å². The summed E-state index contributed by atoms with van der Waals surface area (Å²) in [5, 5.41) is 30.3. The lowest BCUT2D eigenvalue weighted by Gasteiger charge is -2.12. The Kier molecular flexibility index (Phi) is 9.48. The molecule has 202 valence electrons. The topological polar surface area (TPSA) is 218 Å². The highest BCUT2D eigenvalue weighted by Gasteiger charge is 2.17. The van der Waals surface area contributed by atoms with Crippen molar-refractivity contribution in [3.05, 3.63) is 43.0 Å². The zero-order chi connectivity index (χ0) is 27.3. The van der Waals surface area contributed by atoms with Crippen molar-refractivity contribution in [2.45, 2.75) is 26.9 Å². The number of nitrogen functional groups attached to an aromatic ring is 2. The number of nitrogens with zero attached hydrogens (tertiary/aromatic N) is 2. The van der Waals surface area contributed by atoms with E-state index >= 15 is 0 Å². The summed E-state index contributed by atoms with van der Waals surface area (Å²) in [4.78, 5) is 47.3. The van der Waals surface area contributed by atoms with E-state index in [1.165, 1.54) is 53.6 Å². The van der Waals surface area contributed by atoms with Crippen molar-refractivity contribution in [1.82, 2.24) is 4.57 Å². The van der Waals surface area contributed by atoms with Crippen LogP contribution >= 0.6 is 0 Å². The maximum atomic E-state index is 12.5. The van der Waals surface area contributed by atoms with Gasteiger partial charge in [-0.25, -0.2) is 9.13 Å². The van der Waals surface area contributed by atoms with Crippen LogP contribution in [-0.2, 0) is 32.3 Å². The normalized spacial score (nSPS) is 10.2. The van der Waals surface area contributed by atoms with Crippen molar-refractivity contribution in [1.29, 1.82) is 0 Å². The van der Waals surface area contributed by atoms with Crippen LogP contribution in [0.1, 0.15) is 13.8 Å². The Bertz CT molecular complexity index is 1240. The second-order valence-electron chi connectivity index (χ2n) is 8.14. The summed E-state index contributed by atoms with van der Waals surface area (Å²) >= 11 is 0. The van der Waals surface area contributed by atoms with Gasteiger partial charge in [-0.1, -0.05) is 0 Å². The standard InChI is InChI=1S/C23H26N8O6.ClH/c1-12(32)26-14-5-16(24)22(18(34)7-14)28-20(36)9-30-3-4-31(11-30)10-21(37)29-23-17(25)6-15(8-19(23)35)27-13(2)33;/h3-8,11H,9-10,24-25H2,1-2H3,(H5-,26,27,28,29,32,33,34,35,36,37);1H. The molecule has 1 aromatic heterocycles. The molecule has 15 heteroatoms. The molecule has 0 radical (unpaired) electrons. The maximum Gasteiger partial charge on any atom is 0.266 e. The van der Waals surface area contributed by atoms with Gasteiger partial charge in [0.2, 0.25) is 18.1 Å². The average molecular weight is 547 g/mol. The van der Waals surface area contributed by atoms with E-state index in [0.29, 0.717) is 0 Å². The number of halogens is 1. The summed E-state index contributed by atoms with van der Waals surface area (Å²) < 4.78 is 2.99. The number of hydrogen-bond donors (Lipinski definition) is 8. The molecule has 0 aliphatic heterocycles. The Morgan fingerprint density at radius 1 is 0.816 bits per heavy atom. The molecule has 3 rings (SSSR count). The minimum Gasteiger partial charge on any atom is -1.00 e. The van der Waals surface area contributed by atoms with Crippen molar-refractivity contribution in [2.24, 2.45) is 0 Å². The fourth-order valence-corrected chi connectivity index (χ4v) is 3.44. The molecule has 0 atom stereocenters. The number of hydrogen-bond acceptors (Lipinski definition) is 8. The highest BCUT2D eigenvalue weighted by molar-refractivity contribution is 5.99. The second kappa shape index (κ2) is 12.3. The van der Waals surface area contributed by atoms with Crippen LogP contribution in [0.15, 0.2) is 43.0 Å². The monoisotopic (exact) mass is 546 g/mol. The molecule has 0 saturated heterocycles. The predicted octanol–water partition coefficient (Wildman–Crippen LogP) is -2.45. The number of phenols is 2. The Labute approximate surface area is 223 Å². The van der Waals surface area contributed by atoms with E-state index in [4.69, 9.17) is 11.5 Å². The largest absolute Gasteiger partial charge is 1.00 e. The van der Waals surface area contributed by atoms with Crippen molar-refractivity contribution >= 4 is 57.8 Å².